The molecule has 21 heavy (non-hydrogen) atoms. The second-order valence-corrected chi connectivity index (χ2v) is 4.63. The fourth-order valence-corrected chi connectivity index (χ4v) is 1.97. The first kappa shape index (κ1) is 15.4. The first-order valence-corrected chi connectivity index (χ1v) is 6.57. The van der Waals surface area contributed by atoms with Crippen LogP contribution in [0.3, 0.4) is 0 Å². The summed E-state index contributed by atoms with van der Waals surface area (Å²) in [5, 5.41) is 12.9. The third kappa shape index (κ3) is 4.00. The van der Waals surface area contributed by atoms with Crippen LogP contribution in [-0.2, 0) is 6.54 Å². The van der Waals surface area contributed by atoms with Crippen LogP contribution in [-0.4, -0.2) is 18.8 Å². The van der Waals surface area contributed by atoms with Crippen molar-refractivity contribution >= 4 is 0 Å². The predicted octanol–water partition coefficient (Wildman–Crippen LogP) is 2.80. The molecule has 0 aliphatic rings. The average molecular weight is 293 g/mol. The van der Waals surface area contributed by atoms with Crippen LogP contribution in [0.4, 0.5) is 8.78 Å². The third-order valence-electron chi connectivity index (χ3n) is 3.19. The van der Waals surface area contributed by atoms with E-state index in [9.17, 15) is 13.9 Å². The lowest BCUT2D eigenvalue weighted by atomic mass is 10.1. The second kappa shape index (κ2) is 7.15. The Morgan fingerprint density at radius 3 is 2.52 bits per heavy atom. The zero-order valence-electron chi connectivity index (χ0n) is 11.6. The highest BCUT2D eigenvalue weighted by atomic mass is 19.2. The number of rotatable bonds is 6. The fraction of sp³-hybridized carbons (Fsp3) is 0.250. The quantitative estimate of drug-likeness (QED) is 0.860. The highest BCUT2D eigenvalue weighted by Crippen LogP contribution is 2.17. The molecule has 2 aromatic rings. The van der Waals surface area contributed by atoms with E-state index in [-0.39, 0.29) is 18.7 Å². The zero-order valence-corrected chi connectivity index (χ0v) is 11.6. The molecule has 2 N–H and O–H groups in total. The smallest absolute Gasteiger partial charge is 0.163 e. The van der Waals surface area contributed by atoms with Crippen molar-refractivity contribution in [3.05, 3.63) is 65.2 Å². The number of aliphatic hydroxyl groups excluding tert-OH is 1. The van der Waals surface area contributed by atoms with Gasteiger partial charge in [-0.2, -0.15) is 0 Å². The number of benzene rings is 2. The standard InChI is InChI=1S/C16H17F2NO2/c1-21-13-7-5-11(6-8-13)15(20)10-19-9-12-3-2-4-14(17)16(12)18/h2-8,15,19-20H,9-10H2,1H3. The molecule has 2 rings (SSSR count). The minimum Gasteiger partial charge on any atom is -0.497 e. The van der Waals surface area contributed by atoms with Gasteiger partial charge in [-0.3, -0.25) is 0 Å². The maximum Gasteiger partial charge on any atom is 0.163 e. The van der Waals surface area contributed by atoms with Crippen LogP contribution in [0.2, 0.25) is 0 Å². The fourth-order valence-electron chi connectivity index (χ4n) is 1.97. The highest BCUT2D eigenvalue weighted by Gasteiger charge is 2.10. The molecule has 0 aromatic heterocycles. The summed E-state index contributed by atoms with van der Waals surface area (Å²) < 4.78 is 31.5. The van der Waals surface area contributed by atoms with E-state index in [4.69, 9.17) is 4.74 Å². The first-order valence-electron chi connectivity index (χ1n) is 6.57. The van der Waals surface area contributed by atoms with E-state index >= 15 is 0 Å². The van der Waals surface area contributed by atoms with Crippen molar-refractivity contribution in [1.82, 2.24) is 5.32 Å². The van der Waals surface area contributed by atoms with Crippen molar-refractivity contribution in [1.29, 1.82) is 0 Å². The van der Waals surface area contributed by atoms with E-state index in [1.807, 2.05) is 0 Å². The Labute approximate surface area is 122 Å². The van der Waals surface area contributed by atoms with Crippen molar-refractivity contribution in [2.75, 3.05) is 13.7 Å². The third-order valence-corrected chi connectivity index (χ3v) is 3.19. The van der Waals surface area contributed by atoms with Crippen LogP contribution in [0.1, 0.15) is 17.2 Å². The Morgan fingerprint density at radius 2 is 1.86 bits per heavy atom. The van der Waals surface area contributed by atoms with Crippen molar-refractivity contribution in [2.45, 2.75) is 12.6 Å². The summed E-state index contributed by atoms with van der Waals surface area (Å²) in [4.78, 5) is 0. The van der Waals surface area contributed by atoms with E-state index in [0.717, 1.165) is 11.6 Å². The maximum atomic E-state index is 13.4. The van der Waals surface area contributed by atoms with Crippen LogP contribution in [0.5, 0.6) is 5.75 Å². The van der Waals surface area contributed by atoms with Gasteiger partial charge in [-0.1, -0.05) is 24.3 Å². The van der Waals surface area contributed by atoms with Gasteiger partial charge in [-0.05, 0) is 23.8 Å². The molecule has 0 aliphatic carbocycles. The summed E-state index contributed by atoms with van der Waals surface area (Å²) in [5.41, 5.74) is 0.958. The lowest BCUT2D eigenvalue weighted by Crippen LogP contribution is -2.21. The topological polar surface area (TPSA) is 41.5 Å². The molecule has 0 saturated carbocycles. The van der Waals surface area contributed by atoms with Gasteiger partial charge in [-0.15, -0.1) is 0 Å². The van der Waals surface area contributed by atoms with Gasteiger partial charge in [0.25, 0.3) is 0 Å². The second-order valence-electron chi connectivity index (χ2n) is 4.63. The van der Waals surface area contributed by atoms with Crippen LogP contribution in [0, 0.1) is 11.6 Å². The van der Waals surface area contributed by atoms with Gasteiger partial charge >= 0.3 is 0 Å². The van der Waals surface area contributed by atoms with E-state index in [2.05, 4.69) is 5.32 Å². The molecule has 0 spiro atoms. The largest absolute Gasteiger partial charge is 0.497 e. The summed E-state index contributed by atoms with van der Waals surface area (Å²) in [6.45, 7) is 0.388. The van der Waals surface area contributed by atoms with Crippen LogP contribution in [0.15, 0.2) is 42.5 Å². The Kier molecular flexibility index (Phi) is 5.25. The number of methoxy groups -OCH3 is 1. The molecule has 1 unspecified atom stereocenters. The Bertz CT molecular complexity index is 587. The summed E-state index contributed by atoms with van der Waals surface area (Å²) in [5.74, 6) is -1.02. The molecule has 112 valence electrons. The monoisotopic (exact) mass is 293 g/mol. The van der Waals surface area contributed by atoms with Crippen LogP contribution >= 0.6 is 0 Å². The zero-order chi connectivity index (χ0) is 15.2. The first-order chi connectivity index (χ1) is 10.1. The molecule has 0 heterocycles. The van der Waals surface area contributed by atoms with E-state index in [1.165, 1.54) is 12.1 Å². The Balaban J connectivity index is 1.88. The van der Waals surface area contributed by atoms with Crippen molar-refractivity contribution in [3.8, 4) is 5.75 Å². The molecule has 0 amide bonds. The number of hydrogen-bond donors (Lipinski definition) is 2. The highest BCUT2D eigenvalue weighted by molar-refractivity contribution is 5.28. The minimum atomic E-state index is -0.870. The molecular weight excluding hydrogens is 276 g/mol. The molecule has 0 radical (unpaired) electrons. The summed E-state index contributed by atoms with van der Waals surface area (Å²) in [7, 11) is 1.57. The number of ether oxygens (including phenoxy) is 1. The van der Waals surface area contributed by atoms with E-state index in [0.29, 0.717) is 5.75 Å². The summed E-state index contributed by atoms with van der Waals surface area (Å²) in [6, 6.07) is 11.1. The normalized spacial score (nSPS) is 12.2. The van der Waals surface area contributed by atoms with E-state index < -0.39 is 17.7 Å². The summed E-state index contributed by atoms with van der Waals surface area (Å²) in [6.07, 6.45) is -0.729. The van der Waals surface area contributed by atoms with Gasteiger partial charge in [0.05, 0.1) is 13.2 Å². The molecule has 5 heteroatoms. The molecule has 0 aliphatic heterocycles. The van der Waals surface area contributed by atoms with Crippen molar-refractivity contribution in [2.24, 2.45) is 0 Å². The number of halogens is 2. The van der Waals surface area contributed by atoms with Crippen LogP contribution in [0.25, 0.3) is 0 Å². The molecule has 3 nitrogen and oxygen atoms in total. The van der Waals surface area contributed by atoms with Gasteiger partial charge in [0.1, 0.15) is 5.75 Å². The average Bonchev–Trinajstić information content (AvgIpc) is 2.51. The lowest BCUT2D eigenvalue weighted by Gasteiger charge is -2.13. The lowest BCUT2D eigenvalue weighted by molar-refractivity contribution is 0.174. The Hall–Kier alpha value is -1.98. The number of aliphatic hydroxyl groups is 1. The molecule has 0 saturated heterocycles. The van der Waals surface area contributed by atoms with Gasteiger partial charge in [0, 0.05) is 18.7 Å². The SMILES string of the molecule is COc1ccc(C(O)CNCc2cccc(F)c2F)cc1. The van der Waals surface area contributed by atoms with Gasteiger partial charge in [0.2, 0.25) is 0 Å². The van der Waals surface area contributed by atoms with Gasteiger partial charge < -0.3 is 15.2 Å². The molecule has 0 fully saturated rings. The number of hydrogen-bond acceptors (Lipinski definition) is 3. The van der Waals surface area contributed by atoms with Gasteiger partial charge in [-0.25, -0.2) is 8.78 Å². The molecule has 1 atom stereocenters. The molecular formula is C16H17F2NO2. The maximum absolute atomic E-state index is 13.4. The summed E-state index contributed by atoms with van der Waals surface area (Å²) >= 11 is 0. The minimum absolute atomic E-state index is 0.150. The van der Waals surface area contributed by atoms with Crippen molar-refractivity contribution < 1.29 is 18.6 Å². The van der Waals surface area contributed by atoms with E-state index in [1.54, 1.807) is 31.4 Å². The number of nitrogens with one attached hydrogen (secondary N) is 1. The van der Waals surface area contributed by atoms with Gasteiger partial charge in [0.15, 0.2) is 11.6 Å². The van der Waals surface area contributed by atoms with Crippen LogP contribution < -0.4 is 10.1 Å². The Morgan fingerprint density at radius 1 is 1.14 bits per heavy atom. The molecule has 2 aromatic carbocycles. The predicted molar refractivity (Wildman–Crippen MR) is 76.0 cm³/mol. The van der Waals surface area contributed by atoms with Crippen molar-refractivity contribution in [3.63, 3.8) is 0 Å². The molecule has 0 bridgehead atoms.